The Balaban J connectivity index is 2.56. The molecule has 0 fully saturated rings. The van der Waals surface area contributed by atoms with Gasteiger partial charge in [0.25, 0.3) is 0 Å². The molecule has 0 aliphatic rings. The summed E-state index contributed by atoms with van der Waals surface area (Å²) in [4.78, 5) is 10.9. The van der Waals surface area contributed by atoms with Crippen molar-refractivity contribution >= 4 is 21.9 Å². The quantitative estimate of drug-likeness (QED) is 0.921. The van der Waals surface area contributed by atoms with Gasteiger partial charge in [-0.25, -0.2) is 9.18 Å². The second kappa shape index (κ2) is 4.05. The van der Waals surface area contributed by atoms with E-state index >= 15 is 0 Å². The number of carbonyl (C=O) groups is 1. The van der Waals surface area contributed by atoms with Gasteiger partial charge in [0, 0.05) is 5.56 Å². The fourth-order valence-electron chi connectivity index (χ4n) is 1.25. The molecule has 0 aliphatic carbocycles. The van der Waals surface area contributed by atoms with Crippen LogP contribution in [0.3, 0.4) is 0 Å². The van der Waals surface area contributed by atoms with Gasteiger partial charge in [-0.2, -0.15) is 0 Å². The molecule has 2 aromatic rings. The molecule has 1 N–H and O–H groups in total. The molecule has 0 saturated carbocycles. The van der Waals surface area contributed by atoms with Crippen LogP contribution in [-0.4, -0.2) is 16.2 Å². The number of halogens is 2. The van der Waals surface area contributed by atoms with E-state index in [9.17, 15) is 9.18 Å². The Hall–Kier alpha value is -1.69. The Morgan fingerprint density at radius 3 is 2.56 bits per heavy atom. The molecule has 0 amide bonds. The zero-order chi connectivity index (χ0) is 11.7. The molecule has 16 heavy (non-hydrogen) atoms. The summed E-state index contributed by atoms with van der Waals surface area (Å²) in [5, 5.41) is 12.5. The molecule has 1 heterocycles. The highest BCUT2D eigenvalue weighted by atomic mass is 79.9. The van der Waals surface area contributed by atoms with Crippen molar-refractivity contribution in [2.45, 2.75) is 0 Å². The lowest BCUT2D eigenvalue weighted by atomic mass is 10.1. The monoisotopic (exact) mass is 285 g/mol. The lowest BCUT2D eigenvalue weighted by Crippen LogP contribution is -1.97. The third-order valence-electron chi connectivity index (χ3n) is 1.97. The molecule has 1 aromatic heterocycles. The Kier molecular flexibility index (Phi) is 2.74. The van der Waals surface area contributed by atoms with E-state index in [0.717, 1.165) is 0 Å². The van der Waals surface area contributed by atoms with Gasteiger partial charge in [0.2, 0.25) is 0 Å². The van der Waals surface area contributed by atoms with Crippen LogP contribution >= 0.6 is 15.9 Å². The highest BCUT2D eigenvalue weighted by Crippen LogP contribution is 2.29. The van der Waals surface area contributed by atoms with Crippen molar-refractivity contribution in [3.05, 3.63) is 40.2 Å². The molecule has 0 unspecified atom stereocenters. The van der Waals surface area contributed by atoms with Crippen LogP contribution in [0.25, 0.3) is 11.3 Å². The molecule has 2 rings (SSSR count). The Bertz CT molecular complexity index is 535. The number of benzene rings is 1. The molecule has 0 bridgehead atoms. The fraction of sp³-hybridized carbons (Fsp3) is 0. The summed E-state index contributed by atoms with van der Waals surface area (Å²) >= 11 is 2.97. The van der Waals surface area contributed by atoms with Gasteiger partial charge in [-0.15, -0.1) is 0 Å². The molecular weight excluding hydrogens is 281 g/mol. The largest absolute Gasteiger partial charge is 0.477 e. The molecule has 1 aromatic carbocycles. The summed E-state index contributed by atoms with van der Waals surface area (Å²) in [7, 11) is 0. The Morgan fingerprint density at radius 2 is 2.00 bits per heavy atom. The van der Waals surface area contributed by atoms with Crippen molar-refractivity contribution in [1.82, 2.24) is 5.16 Å². The van der Waals surface area contributed by atoms with Gasteiger partial charge < -0.3 is 9.63 Å². The minimum atomic E-state index is -1.16. The van der Waals surface area contributed by atoms with Crippen LogP contribution in [0.2, 0.25) is 0 Å². The number of hydrogen-bond donors (Lipinski definition) is 1. The summed E-state index contributed by atoms with van der Waals surface area (Å²) in [5.74, 6) is -1.47. The predicted octanol–water partition coefficient (Wildman–Crippen LogP) is 2.94. The van der Waals surface area contributed by atoms with E-state index in [1.807, 2.05) is 0 Å². The van der Waals surface area contributed by atoms with Crippen LogP contribution in [0.15, 0.2) is 33.4 Å². The zero-order valence-corrected chi connectivity index (χ0v) is 9.36. The van der Waals surface area contributed by atoms with Crippen LogP contribution < -0.4 is 0 Å². The van der Waals surface area contributed by atoms with Crippen molar-refractivity contribution in [2.75, 3.05) is 0 Å². The normalized spacial score (nSPS) is 10.4. The zero-order valence-electron chi connectivity index (χ0n) is 7.78. The SMILES string of the molecule is O=C(O)c1c(Br)noc1-c1ccc(F)cc1. The number of rotatable bonds is 2. The van der Waals surface area contributed by atoms with E-state index in [-0.39, 0.29) is 15.9 Å². The van der Waals surface area contributed by atoms with Gasteiger partial charge in [0.05, 0.1) is 0 Å². The van der Waals surface area contributed by atoms with Gasteiger partial charge in [-0.1, -0.05) is 5.16 Å². The van der Waals surface area contributed by atoms with E-state index in [0.29, 0.717) is 5.56 Å². The highest BCUT2D eigenvalue weighted by Gasteiger charge is 2.21. The summed E-state index contributed by atoms with van der Waals surface area (Å²) in [6.07, 6.45) is 0. The van der Waals surface area contributed by atoms with E-state index in [1.54, 1.807) is 0 Å². The third-order valence-corrected chi connectivity index (χ3v) is 2.51. The third kappa shape index (κ3) is 1.83. The van der Waals surface area contributed by atoms with Crippen LogP contribution in [0.5, 0.6) is 0 Å². The maximum Gasteiger partial charge on any atom is 0.342 e. The molecular formula is C10H5BrFNO3. The standard InChI is InChI=1S/C10H5BrFNO3/c11-9-7(10(14)15)8(16-13-9)5-1-3-6(12)4-2-5/h1-4H,(H,14,15). The first kappa shape index (κ1) is 10.8. The average Bonchev–Trinajstić information content (AvgIpc) is 2.61. The lowest BCUT2D eigenvalue weighted by molar-refractivity contribution is 0.0696. The minimum Gasteiger partial charge on any atom is -0.477 e. The molecule has 0 saturated heterocycles. The topological polar surface area (TPSA) is 63.3 Å². The van der Waals surface area contributed by atoms with Crippen molar-refractivity contribution in [1.29, 1.82) is 0 Å². The summed E-state index contributed by atoms with van der Waals surface area (Å²) in [5.41, 5.74) is 0.378. The second-order valence-electron chi connectivity index (χ2n) is 2.99. The average molecular weight is 286 g/mol. The first-order valence-corrected chi connectivity index (χ1v) is 5.03. The highest BCUT2D eigenvalue weighted by molar-refractivity contribution is 9.10. The molecule has 0 radical (unpaired) electrons. The summed E-state index contributed by atoms with van der Waals surface area (Å²) in [6.45, 7) is 0. The van der Waals surface area contributed by atoms with Gasteiger partial charge >= 0.3 is 5.97 Å². The van der Waals surface area contributed by atoms with Crippen molar-refractivity contribution in [3.63, 3.8) is 0 Å². The number of aromatic nitrogens is 1. The van der Waals surface area contributed by atoms with E-state index in [2.05, 4.69) is 21.1 Å². The maximum atomic E-state index is 12.7. The van der Waals surface area contributed by atoms with Gasteiger partial charge in [0.1, 0.15) is 11.4 Å². The van der Waals surface area contributed by atoms with Gasteiger partial charge in [0.15, 0.2) is 10.4 Å². The predicted molar refractivity (Wildman–Crippen MR) is 56.6 cm³/mol. The van der Waals surface area contributed by atoms with Crippen LogP contribution in [0.4, 0.5) is 4.39 Å². The first-order valence-electron chi connectivity index (χ1n) is 4.24. The van der Waals surface area contributed by atoms with E-state index in [1.165, 1.54) is 24.3 Å². The first-order chi connectivity index (χ1) is 7.59. The molecule has 0 aliphatic heterocycles. The maximum absolute atomic E-state index is 12.7. The number of carboxylic acid groups (broad SMARTS) is 1. The Labute approximate surface area is 97.8 Å². The van der Waals surface area contributed by atoms with Crippen LogP contribution in [-0.2, 0) is 0 Å². The minimum absolute atomic E-state index is 0.0772. The van der Waals surface area contributed by atoms with Gasteiger partial charge in [-0.3, -0.25) is 0 Å². The summed E-state index contributed by atoms with van der Waals surface area (Å²) in [6, 6.07) is 5.29. The van der Waals surface area contributed by atoms with Gasteiger partial charge in [-0.05, 0) is 40.2 Å². The smallest absolute Gasteiger partial charge is 0.342 e. The Morgan fingerprint density at radius 1 is 1.38 bits per heavy atom. The van der Waals surface area contributed by atoms with Crippen LogP contribution in [0.1, 0.15) is 10.4 Å². The fourth-order valence-corrected chi connectivity index (χ4v) is 1.68. The second-order valence-corrected chi connectivity index (χ2v) is 3.74. The molecule has 4 nitrogen and oxygen atoms in total. The lowest BCUT2D eigenvalue weighted by Gasteiger charge is -1.97. The summed E-state index contributed by atoms with van der Waals surface area (Å²) < 4.78 is 17.7. The number of aromatic carboxylic acids is 1. The molecule has 82 valence electrons. The number of hydrogen-bond acceptors (Lipinski definition) is 3. The number of nitrogens with zero attached hydrogens (tertiary/aromatic N) is 1. The van der Waals surface area contributed by atoms with Crippen molar-refractivity contribution in [3.8, 4) is 11.3 Å². The molecule has 0 spiro atoms. The number of carboxylic acids is 1. The molecule has 0 atom stereocenters. The van der Waals surface area contributed by atoms with E-state index in [4.69, 9.17) is 9.63 Å². The van der Waals surface area contributed by atoms with Crippen molar-refractivity contribution < 1.29 is 18.8 Å². The molecule has 6 heteroatoms. The van der Waals surface area contributed by atoms with Crippen molar-refractivity contribution in [2.24, 2.45) is 0 Å². The van der Waals surface area contributed by atoms with E-state index < -0.39 is 11.8 Å². The van der Waals surface area contributed by atoms with Crippen LogP contribution in [0, 0.1) is 5.82 Å².